The minimum atomic E-state index is -0.195. The van der Waals surface area contributed by atoms with E-state index in [1.165, 1.54) is 22.3 Å². The lowest BCUT2D eigenvalue weighted by Crippen LogP contribution is -2.29. The monoisotopic (exact) mass is 361 g/mol. The lowest BCUT2D eigenvalue weighted by atomic mass is 10.00. The highest BCUT2D eigenvalue weighted by atomic mass is 16.2. The highest BCUT2D eigenvalue weighted by Crippen LogP contribution is 2.19. The van der Waals surface area contributed by atoms with Crippen LogP contribution in [0.2, 0.25) is 0 Å². The van der Waals surface area contributed by atoms with Crippen molar-refractivity contribution in [2.45, 2.75) is 40.8 Å². The van der Waals surface area contributed by atoms with Crippen molar-refractivity contribution in [3.63, 3.8) is 0 Å². The van der Waals surface area contributed by atoms with Gasteiger partial charge in [0.25, 0.3) is 0 Å². The smallest absolute Gasteiger partial charge is 0.319 e. The summed E-state index contributed by atoms with van der Waals surface area (Å²) in [5.41, 5.74) is 8.18. The number of benzene rings is 2. The quantitative estimate of drug-likeness (QED) is 0.653. The number of anilines is 1. The molecule has 3 aromatic rings. The number of urea groups is 1. The first kappa shape index (κ1) is 18.8. The third-order valence-corrected chi connectivity index (χ3v) is 4.92. The zero-order valence-electron chi connectivity index (χ0n) is 16.5. The molecule has 0 fully saturated rings. The van der Waals surface area contributed by atoms with Crippen LogP contribution in [0.1, 0.15) is 33.5 Å². The van der Waals surface area contributed by atoms with E-state index in [4.69, 9.17) is 0 Å². The van der Waals surface area contributed by atoms with Gasteiger partial charge in [-0.15, -0.1) is 0 Å². The Bertz CT molecular complexity index is 933. The molecule has 0 aliphatic heterocycles. The minimum Gasteiger partial charge on any atom is -0.345 e. The van der Waals surface area contributed by atoms with Crippen molar-refractivity contribution in [2.75, 3.05) is 5.32 Å². The Hall–Kier alpha value is -3.01. The largest absolute Gasteiger partial charge is 0.345 e. The Morgan fingerprint density at radius 1 is 0.926 bits per heavy atom. The van der Waals surface area contributed by atoms with Gasteiger partial charge in [-0.2, -0.15) is 0 Å². The molecule has 0 radical (unpaired) electrons. The maximum Gasteiger partial charge on any atom is 0.319 e. The molecule has 1 heterocycles. The first-order valence-corrected chi connectivity index (χ1v) is 9.25. The fraction of sp³-hybridized carbons (Fsp3) is 0.261. The SMILES string of the molecule is Cc1cc(C)c(Cn2cccc2CNC(=O)Nc2ccccc2C)c(C)c1. The Balaban J connectivity index is 1.66. The summed E-state index contributed by atoms with van der Waals surface area (Å²) in [6.45, 7) is 9.71. The summed E-state index contributed by atoms with van der Waals surface area (Å²) in [5.74, 6) is 0. The molecule has 0 aliphatic carbocycles. The number of rotatable bonds is 5. The molecule has 1 aromatic heterocycles. The molecule has 0 aliphatic rings. The second kappa shape index (κ2) is 8.12. The molecule has 0 bridgehead atoms. The fourth-order valence-electron chi connectivity index (χ4n) is 3.44. The predicted octanol–water partition coefficient (Wildman–Crippen LogP) is 5.09. The summed E-state index contributed by atoms with van der Waals surface area (Å²) in [6, 6.07) is 16.1. The van der Waals surface area contributed by atoms with Gasteiger partial charge in [-0.1, -0.05) is 35.9 Å². The summed E-state index contributed by atoms with van der Waals surface area (Å²) in [4.78, 5) is 12.2. The Morgan fingerprint density at radius 2 is 1.63 bits per heavy atom. The van der Waals surface area contributed by atoms with Crippen LogP contribution in [0.4, 0.5) is 10.5 Å². The summed E-state index contributed by atoms with van der Waals surface area (Å²) in [6.07, 6.45) is 2.06. The molecule has 2 amide bonds. The number of carbonyl (C=O) groups is 1. The van der Waals surface area contributed by atoms with E-state index in [0.29, 0.717) is 6.54 Å². The third kappa shape index (κ3) is 4.59. The molecule has 3 rings (SSSR count). The number of para-hydroxylation sites is 1. The van der Waals surface area contributed by atoms with E-state index in [9.17, 15) is 4.79 Å². The fourth-order valence-corrected chi connectivity index (χ4v) is 3.44. The van der Waals surface area contributed by atoms with E-state index in [1.54, 1.807) is 0 Å². The van der Waals surface area contributed by atoms with E-state index in [0.717, 1.165) is 23.5 Å². The van der Waals surface area contributed by atoms with Crippen molar-refractivity contribution >= 4 is 11.7 Å². The Kier molecular flexibility index (Phi) is 5.65. The van der Waals surface area contributed by atoms with E-state index >= 15 is 0 Å². The zero-order valence-corrected chi connectivity index (χ0v) is 16.5. The maximum atomic E-state index is 12.2. The zero-order chi connectivity index (χ0) is 19.4. The van der Waals surface area contributed by atoms with Crippen LogP contribution in [-0.4, -0.2) is 10.6 Å². The van der Waals surface area contributed by atoms with Crippen LogP contribution >= 0.6 is 0 Å². The Morgan fingerprint density at radius 3 is 2.33 bits per heavy atom. The Labute approximate surface area is 161 Å². The molecule has 0 unspecified atom stereocenters. The van der Waals surface area contributed by atoms with Gasteiger partial charge in [-0.25, -0.2) is 4.79 Å². The van der Waals surface area contributed by atoms with Crippen molar-refractivity contribution in [3.05, 3.63) is 88.2 Å². The summed E-state index contributed by atoms with van der Waals surface area (Å²) >= 11 is 0. The number of hydrogen-bond donors (Lipinski definition) is 2. The lowest BCUT2D eigenvalue weighted by molar-refractivity contribution is 0.251. The lowest BCUT2D eigenvalue weighted by Gasteiger charge is -2.15. The number of nitrogens with one attached hydrogen (secondary N) is 2. The van der Waals surface area contributed by atoms with Crippen molar-refractivity contribution < 1.29 is 4.79 Å². The van der Waals surface area contributed by atoms with Crippen LogP contribution in [0, 0.1) is 27.7 Å². The van der Waals surface area contributed by atoms with Crippen molar-refractivity contribution in [3.8, 4) is 0 Å². The summed E-state index contributed by atoms with van der Waals surface area (Å²) in [7, 11) is 0. The molecule has 0 spiro atoms. The van der Waals surface area contributed by atoms with E-state index in [2.05, 4.69) is 54.3 Å². The summed E-state index contributed by atoms with van der Waals surface area (Å²) < 4.78 is 2.19. The predicted molar refractivity (Wildman–Crippen MR) is 111 cm³/mol. The second-order valence-corrected chi connectivity index (χ2v) is 7.13. The normalized spacial score (nSPS) is 10.7. The molecule has 4 nitrogen and oxygen atoms in total. The van der Waals surface area contributed by atoms with Gasteiger partial charge in [0.2, 0.25) is 0 Å². The molecule has 27 heavy (non-hydrogen) atoms. The standard InChI is InChI=1S/C23H27N3O/c1-16-12-18(3)21(19(4)13-16)15-26-11-7-9-20(26)14-24-23(27)25-22-10-6-5-8-17(22)2/h5-13H,14-15H2,1-4H3,(H2,24,25,27). The van der Waals surface area contributed by atoms with Crippen molar-refractivity contribution in [2.24, 2.45) is 0 Å². The molecule has 0 saturated carbocycles. The van der Waals surface area contributed by atoms with Crippen LogP contribution in [0.3, 0.4) is 0 Å². The van der Waals surface area contributed by atoms with Gasteiger partial charge >= 0.3 is 6.03 Å². The average molecular weight is 361 g/mol. The van der Waals surface area contributed by atoms with Gasteiger partial charge in [0.05, 0.1) is 6.54 Å². The first-order chi connectivity index (χ1) is 12.9. The van der Waals surface area contributed by atoms with Crippen LogP contribution in [-0.2, 0) is 13.1 Å². The number of amides is 2. The average Bonchev–Trinajstić information content (AvgIpc) is 3.05. The van der Waals surface area contributed by atoms with Gasteiger partial charge in [0, 0.05) is 24.1 Å². The first-order valence-electron chi connectivity index (χ1n) is 9.25. The van der Waals surface area contributed by atoms with E-state index < -0.39 is 0 Å². The molecule has 2 N–H and O–H groups in total. The molecule has 0 saturated heterocycles. The van der Waals surface area contributed by atoms with Gasteiger partial charge in [0.15, 0.2) is 0 Å². The second-order valence-electron chi connectivity index (χ2n) is 7.13. The number of hydrogen-bond acceptors (Lipinski definition) is 1. The van der Waals surface area contributed by atoms with Crippen LogP contribution in [0.15, 0.2) is 54.7 Å². The molecule has 140 valence electrons. The summed E-state index contributed by atoms with van der Waals surface area (Å²) in [5, 5.41) is 5.86. The van der Waals surface area contributed by atoms with Gasteiger partial charge in [0.1, 0.15) is 0 Å². The number of aryl methyl sites for hydroxylation is 4. The van der Waals surface area contributed by atoms with Crippen LogP contribution in [0.5, 0.6) is 0 Å². The van der Waals surface area contributed by atoms with Gasteiger partial charge < -0.3 is 15.2 Å². The van der Waals surface area contributed by atoms with Crippen molar-refractivity contribution in [1.29, 1.82) is 0 Å². The van der Waals surface area contributed by atoms with Crippen LogP contribution < -0.4 is 10.6 Å². The molecular formula is C23H27N3O. The molecule has 4 heteroatoms. The van der Waals surface area contributed by atoms with Gasteiger partial charge in [-0.3, -0.25) is 0 Å². The topological polar surface area (TPSA) is 46.1 Å². The molecule has 2 aromatic carbocycles. The number of aromatic nitrogens is 1. The number of nitrogens with zero attached hydrogens (tertiary/aromatic N) is 1. The van der Waals surface area contributed by atoms with Gasteiger partial charge in [-0.05, 0) is 68.1 Å². The maximum absolute atomic E-state index is 12.2. The minimum absolute atomic E-state index is 0.195. The highest BCUT2D eigenvalue weighted by molar-refractivity contribution is 5.89. The van der Waals surface area contributed by atoms with E-state index in [-0.39, 0.29) is 6.03 Å². The molecule has 0 atom stereocenters. The highest BCUT2D eigenvalue weighted by Gasteiger charge is 2.09. The molecular weight excluding hydrogens is 334 g/mol. The number of carbonyl (C=O) groups excluding carboxylic acids is 1. The van der Waals surface area contributed by atoms with Crippen molar-refractivity contribution in [1.82, 2.24) is 9.88 Å². The van der Waals surface area contributed by atoms with E-state index in [1.807, 2.05) is 43.3 Å². The third-order valence-electron chi connectivity index (χ3n) is 4.92. The van der Waals surface area contributed by atoms with Crippen LogP contribution in [0.25, 0.3) is 0 Å².